The van der Waals surface area contributed by atoms with Gasteiger partial charge in [0.1, 0.15) is 0 Å². The van der Waals surface area contributed by atoms with Gasteiger partial charge in [-0.3, -0.25) is 9.59 Å². The number of carbonyl (C=O) groups excluding carboxylic acids is 1. The Hall–Kier alpha value is -1.55. The number of rotatable bonds is 5. The first-order chi connectivity index (χ1) is 10.5. The number of hydrogen-bond donors (Lipinski definition) is 1. The quantitative estimate of drug-likeness (QED) is 0.899. The number of aliphatic carboxylic acids is 1. The average molecular weight is 324 g/mol. The highest BCUT2D eigenvalue weighted by atomic mass is 35.5. The van der Waals surface area contributed by atoms with E-state index >= 15 is 0 Å². The molecule has 1 fully saturated rings. The van der Waals surface area contributed by atoms with E-state index in [-0.39, 0.29) is 24.3 Å². The Morgan fingerprint density at radius 3 is 2.86 bits per heavy atom. The number of amides is 1. The molecule has 1 amide bonds. The zero-order chi connectivity index (χ0) is 16.1. The number of carbonyl (C=O) groups is 2. The number of likely N-dealkylation sites (tertiary alicyclic amines) is 1. The Morgan fingerprint density at radius 1 is 1.41 bits per heavy atom. The molecule has 0 saturated carbocycles. The van der Waals surface area contributed by atoms with E-state index in [2.05, 4.69) is 0 Å². The van der Waals surface area contributed by atoms with E-state index in [1.165, 1.54) is 0 Å². The summed E-state index contributed by atoms with van der Waals surface area (Å²) in [4.78, 5) is 25.5. The molecule has 120 valence electrons. The Kier molecular flexibility index (Phi) is 5.83. The lowest BCUT2D eigenvalue weighted by molar-refractivity contribution is -0.140. The summed E-state index contributed by atoms with van der Waals surface area (Å²) in [5.74, 6) is -0.998. The van der Waals surface area contributed by atoms with Crippen molar-refractivity contribution in [3.05, 3.63) is 34.9 Å². The third-order valence-corrected chi connectivity index (χ3v) is 4.56. The maximum absolute atomic E-state index is 12.8. The maximum Gasteiger partial charge on any atom is 0.303 e. The van der Waals surface area contributed by atoms with Gasteiger partial charge in [0.25, 0.3) is 0 Å². The van der Waals surface area contributed by atoms with E-state index < -0.39 is 5.97 Å². The molecule has 1 aliphatic heterocycles. The smallest absolute Gasteiger partial charge is 0.303 e. The zero-order valence-electron chi connectivity index (χ0n) is 12.8. The van der Waals surface area contributed by atoms with E-state index in [4.69, 9.17) is 16.7 Å². The van der Waals surface area contributed by atoms with Crippen molar-refractivity contribution in [2.24, 2.45) is 0 Å². The van der Waals surface area contributed by atoms with Crippen LogP contribution in [0, 0.1) is 0 Å². The summed E-state index contributed by atoms with van der Waals surface area (Å²) in [6.07, 6.45) is 3.57. The van der Waals surface area contributed by atoms with Gasteiger partial charge in [0.05, 0.1) is 5.92 Å². The third kappa shape index (κ3) is 4.23. The summed E-state index contributed by atoms with van der Waals surface area (Å²) in [6.45, 7) is 2.60. The molecule has 4 nitrogen and oxygen atoms in total. The second-order valence-corrected chi connectivity index (χ2v) is 6.33. The first kappa shape index (κ1) is 16.8. The highest BCUT2D eigenvalue weighted by molar-refractivity contribution is 6.30. The number of halogens is 1. The van der Waals surface area contributed by atoms with Gasteiger partial charge in [-0.1, -0.05) is 23.7 Å². The molecular formula is C17H22ClNO3. The molecule has 2 rings (SSSR count). The van der Waals surface area contributed by atoms with Crippen LogP contribution < -0.4 is 0 Å². The van der Waals surface area contributed by atoms with Gasteiger partial charge in [-0.2, -0.15) is 0 Å². The topological polar surface area (TPSA) is 57.6 Å². The number of hydrogen-bond acceptors (Lipinski definition) is 2. The van der Waals surface area contributed by atoms with Crippen LogP contribution >= 0.6 is 11.6 Å². The highest BCUT2D eigenvalue weighted by Gasteiger charge is 2.30. The van der Waals surface area contributed by atoms with Crippen molar-refractivity contribution in [2.75, 3.05) is 6.54 Å². The van der Waals surface area contributed by atoms with Crippen LogP contribution in [0.2, 0.25) is 5.02 Å². The number of carboxylic acid groups (broad SMARTS) is 1. The molecule has 1 saturated heterocycles. The molecule has 0 aromatic heterocycles. The fraction of sp³-hybridized carbons (Fsp3) is 0.529. The number of carboxylic acids is 1. The molecular weight excluding hydrogens is 302 g/mol. The summed E-state index contributed by atoms with van der Waals surface area (Å²) >= 11 is 6.00. The van der Waals surface area contributed by atoms with Crippen LogP contribution in [0.25, 0.3) is 0 Å². The Balaban J connectivity index is 2.09. The van der Waals surface area contributed by atoms with Crippen LogP contribution in [-0.4, -0.2) is 34.5 Å². The summed E-state index contributed by atoms with van der Waals surface area (Å²) < 4.78 is 0. The van der Waals surface area contributed by atoms with Gasteiger partial charge < -0.3 is 10.0 Å². The Morgan fingerprint density at radius 2 is 2.18 bits per heavy atom. The van der Waals surface area contributed by atoms with Gasteiger partial charge in [-0.05, 0) is 50.3 Å². The predicted molar refractivity (Wildman–Crippen MR) is 86.1 cm³/mol. The predicted octanol–water partition coefficient (Wildman–Crippen LogP) is 3.69. The van der Waals surface area contributed by atoms with Crippen LogP contribution in [-0.2, 0) is 9.59 Å². The summed E-state index contributed by atoms with van der Waals surface area (Å²) in [5, 5.41) is 9.49. The fourth-order valence-corrected chi connectivity index (χ4v) is 3.25. The fourth-order valence-electron chi connectivity index (χ4n) is 3.05. The molecule has 1 aliphatic rings. The van der Waals surface area contributed by atoms with Crippen LogP contribution in [0.5, 0.6) is 0 Å². The molecule has 1 aromatic rings. The van der Waals surface area contributed by atoms with Crippen molar-refractivity contribution in [1.29, 1.82) is 0 Å². The zero-order valence-corrected chi connectivity index (χ0v) is 13.6. The van der Waals surface area contributed by atoms with E-state index in [0.717, 1.165) is 24.8 Å². The normalized spacial score (nSPS) is 19.7. The Bertz CT molecular complexity index is 546. The molecule has 5 heteroatoms. The van der Waals surface area contributed by atoms with Gasteiger partial charge in [0.15, 0.2) is 0 Å². The molecule has 0 aliphatic carbocycles. The molecule has 2 atom stereocenters. The second kappa shape index (κ2) is 7.63. The van der Waals surface area contributed by atoms with Crippen LogP contribution in [0.15, 0.2) is 24.3 Å². The van der Waals surface area contributed by atoms with Gasteiger partial charge >= 0.3 is 5.97 Å². The lowest BCUT2D eigenvalue weighted by Gasteiger charge is -2.37. The van der Waals surface area contributed by atoms with Crippen molar-refractivity contribution in [2.45, 2.75) is 51.0 Å². The van der Waals surface area contributed by atoms with Crippen molar-refractivity contribution < 1.29 is 14.7 Å². The van der Waals surface area contributed by atoms with Gasteiger partial charge in [-0.25, -0.2) is 0 Å². The average Bonchev–Trinajstić information content (AvgIpc) is 2.51. The summed E-state index contributed by atoms with van der Waals surface area (Å²) in [5.41, 5.74) is 0.903. The Labute approximate surface area is 136 Å². The SMILES string of the molecule is CC(C(=O)N1CCCCC1CCC(=O)O)c1cccc(Cl)c1. The standard InChI is InChI=1S/C17H22ClNO3/c1-12(13-5-4-6-14(18)11-13)17(22)19-10-3-2-7-15(19)8-9-16(20)21/h4-6,11-12,15H,2-3,7-10H2,1H3,(H,20,21). The first-order valence-electron chi connectivity index (χ1n) is 7.76. The third-order valence-electron chi connectivity index (χ3n) is 4.32. The molecule has 22 heavy (non-hydrogen) atoms. The first-order valence-corrected chi connectivity index (χ1v) is 8.14. The number of benzene rings is 1. The molecule has 1 N–H and O–H groups in total. The molecule has 0 bridgehead atoms. The molecule has 1 heterocycles. The van der Waals surface area contributed by atoms with E-state index in [1.54, 1.807) is 6.07 Å². The minimum Gasteiger partial charge on any atom is -0.481 e. The minimum absolute atomic E-state index is 0.0407. The van der Waals surface area contributed by atoms with Crippen LogP contribution in [0.1, 0.15) is 50.5 Å². The van der Waals surface area contributed by atoms with Crippen molar-refractivity contribution in [3.63, 3.8) is 0 Å². The number of piperidine rings is 1. The van der Waals surface area contributed by atoms with Crippen molar-refractivity contribution in [1.82, 2.24) is 4.90 Å². The molecule has 0 spiro atoms. The molecule has 1 aromatic carbocycles. The van der Waals surface area contributed by atoms with Crippen molar-refractivity contribution >= 4 is 23.5 Å². The second-order valence-electron chi connectivity index (χ2n) is 5.89. The molecule has 2 unspecified atom stereocenters. The lowest BCUT2D eigenvalue weighted by atomic mass is 9.93. The number of nitrogens with zero attached hydrogens (tertiary/aromatic N) is 1. The van der Waals surface area contributed by atoms with Crippen LogP contribution in [0.4, 0.5) is 0 Å². The van der Waals surface area contributed by atoms with E-state index in [1.807, 2.05) is 30.0 Å². The van der Waals surface area contributed by atoms with E-state index in [9.17, 15) is 9.59 Å². The van der Waals surface area contributed by atoms with E-state index in [0.29, 0.717) is 18.0 Å². The largest absolute Gasteiger partial charge is 0.481 e. The minimum atomic E-state index is -0.805. The molecule has 0 radical (unpaired) electrons. The monoisotopic (exact) mass is 323 g/mol. The summed E-state index contributed by atoms with van der Waals surface area (Å²) in [6, 6.07) is 7.41. The highest BCUT2D eigenvalue weighted by Crippen LogP contribution is 2.27. The van der Waals surface area contributed by atoms with Gasteiger partial charge in [0.2, 0.25) is 5.91 Å². The van der Waals surface area contributed by atoms with Gasteiger partial charge in [-0.15, -0.1) is 0 Å². The van der Waals surface area contributed by atoms with Crippen LogP contribution in [0.3, 0.4) is 0 Å². The maximum atomic E-state index is 12.8. The summed E-state index contributed by atoms with van der Waals surface area (Å²) in [7, 11) is 0. The lowest BCUT2D eigenvalue weighted by Crippen LogP contribution is -2.45. The van der Waals surface area contributed by atoms with Gasteiger partial charge in [0, 0.05) is 24.0 Å². The van der Waals surface area contributed by atoms with Crippen molar-refractivity contribution in [3.8, 4) is 0 Å².